The van der Waals surface area contributed by atoms with Crippen LogP contribution in [-0.2, 0) is 6.42 Å². The molecule has 2 heterocycles. The zero-order chi connectivity index (χ0) is 22.2. The Morgan fingerprint density at radius 2 is 2.09 bits per heavy atom. The SMILES string of the molecule is Cc1nnc(-c2cc(CCC(C)C)n(-c3cccc(C(=O)N[C@H]4C[C@H]5CC[C@@H]4C5)c3)n2)o1. The van der Waals surface area contributed by atoms with Crippen LogP contribution in [0.4, 0.5) is 0 Å². The van der Waals surface area contributed by atoms with E-state index in [0.29, 0.717) is 40.9 Å². The van der Waals surface area contributed by atoms with Gasteiger partial charge in [0.15, 0.2) is 0 Å². The summed E-state index contributed by atoms with van der Waals surface area (Å²) in [6, 6.07) is 10.1. The first-order valence-electron chi connectivity index (χ1n) is 11.8. The van der Waals surface area contributed by atoms with Crippen molar-refractivity contribution in [2.24, 2.45) is 17.8 Å². The number of aromatic nitrogens is 4. The number of hydrogen-bond acceptors (Lipinski definition) is 5. The summed E-state index contributed by atoms with van der Waals surface area (Å²) >= 11 is 0. The average molecular weight is 434 g/mol. The number of carbonyl (C=O) groups excluding carboxylic acids is 1. The van der Waals surface area contributed by atoms with E-state index in [9.17, 15) is 4.79 Å². The van der Waals surface area contributed by atoms with E-state index in [-0.39, 0.29) is 5.91 Å². The molecule has 2 bridgehead atoms. The second-order valence-corrected chi connectivity index (χ2v) is 9.80. The van der Waals surface area contributed by atoms with Gasteiger partial charge < -0.3 is 9.73 Å². The van der Waals surface area contributed by atoms with Gasteiger partial charge in [0.25, 0.3) is 11.8 Å². The van der Waals surface area contributed by atoms with Crippen molar-refractivity contribution in [1.82, 2.24) is 25.3 Å². The fourth-order valence-corrected chi connectivity index (χ4v) is 5.21. The van der Waals surface area contributed by atoms with Crippen LogP contribution in [0.1, 0.15) is 67.9 Å². The summed E-state index contributed by atoms with van der Waals surface area (Å²) in [6.07, 6.45) is 6.89. The number of carbonyl (C=O) groups is 1. The first kappa shape index (κ1) is 20.9. The first-order valence-corrected chi connectivity index (χ1v) is 11.8. The van der Waals surface area contributed by atoms with Crippen molar-refractivity contribution in [2.75, 3.05) is 0 Å². The molecule has 0 spiro atoms. The van der Waals surface area contributed by atoms with Crippen LogP contribution in [0.5, 0.6) is 0 Å². The molecule has 32 heavy (non-hydrogen) atoms. The monoisotopic (exact) mass is 433 g/mol. The fraction of sp³-hybridized carbons (Fsp3) is 0.520. The second-order valence-electron chi connectivity index (χ2n) is 9.80. The Balaban J connectivity index is 1.41. The lowest BCUT2D eigenvalue weighted by Crippen LogP contribution is -2.38. The number of rotatable bonds is 7. The largest absolute Gasteiger partial charge is 0.420 e. The highest BCUT2D eigenvalue weighted by molar-refractivity contribution is 5.95. The second kappa shape index (κ2) is 8.52. The molecular weight excluding hydrogens is 402 g/mol. The zero-order valence-corrected chi connectivity index (χ0v) is 19.0. The molecule has 3 aromatic rings. The minimum absolute atomic E-state index is 0.00744. The van der Waals surface area contributed by atoms with Gasteiger partial charge >= 0.3 is 0 Å². The lowest BCUT2D eigenvalue weighted by Gasteiger charge is -2.23. The number of aryl methyl sites for hydroxylation is 2. The third-order valence-corrected chi connectivity index (χ3v) is 6.91. The van der Waals surface area contributed by atoms with Gasteiger partial charge in [0.2, 0.25) is 5.89 Å². The molecule has 7 nitrogen and oxygen atoms in total. The van der Waals surface area contributed by atoms with Crippen molar-refractivity contribution in [3.8, 4) is 17.3 Å². The van der Waals surface area contributed by atoms with E-state index in [0.717, 1.165) is 36.6 Å². The van der Waals surface area contributed by atoms with Crippen molar-refractivity contribution in [3.63, 3.8) is 0 Å². The number of nitrogens with zero attached hydrogens (tertiary/aromatic N) is 4. The summed E-state index contributed by atoms with van der Waals surface area (Å²) in [5, 5.41) is 16.1. The van der Waals surface area contributed by atoms with Crippen LogP contribution in [0, 0.1) is 24.7 Å². The molecule has 5 rings (SSSR count). The molecule has 2 fully saturated rings. The van der Waals surface area contributed by atoms with Gasteiger partial charge in [-0.15, -0.1) is 10.2 Å². The Morgan fingerprint density at radius 3 is 2.78 bits per heavy atom. The molecule has 0 radical (unpaired) electrons. The van der Waals surface area contributed by atoms with Crippen molar-refractivity contribution in [1.29, 1.82) is 0 Å². The summed E-state index contributed by atoms with van der Waals surface area (Å²) in [5.41, 5.74) is 3.26. The quantitative estimate of drug-likeness (QED) is 0.582. The van der Waals surface area contributed by atoms with Gasteiger partial charge in [-0.1, -0.05) is 26.3 Å². The highest BCUT2D eigenvalue weighted by atomic mass is 16.4. The van der Waals surface area contributed by atoms with Crippen LogP contribution >= 0.6 is 0 Å². The van der Waals surface area contributed by atoms with Crippen LogP contribution < -0.4 is 5.32 Å². The molecule has 168 valence electrons. The van der Waals surface area contributed by atoms with Crippen LogP contribution in [0.3, 0.4) is 0 Å². The lowest BCUT2D eigenvalue weighted by atomic mass is 9.95. The molecule has 0 aliphatic heterocycles. The molecule has 1 N–H and O–H groups in total. The first-order chi connectivity index (χ1) is 15.5. The van der Waals surface area contributed by atoms with E-state index in [1.165, 1.54) is 19.3 Å². The molecule has 3 atom stereocenters. The van der Waals surface area contributed by atoms with E-state index in [1.807, 2.05) is 35.0 Å². The van der Waals surface area contributed by atoms with Crippen molar-refractivity contribution >= 4 is 5.91 Å². The minimum atomic E-state index is 0.00744. The normalized spacial score (nSPS) is 22.1. The van der Waals surface area contributed by atoms with Gasteiger partial charge in [0.05, 0.1) is 5.69 Å². The third-order valence-electron chi connectivity index (χ3n) is 6.91. The standard InChI is InChI=1S/C25H31N5O2/c1-15(2)7-10-21-14-23(25-28-27-16(3)32-25)29-30(21)20-6-4-5-19(13-20)24(31)26-22-12-17-8-9-18(22)11-17/h4-6,13-15,17-18,22H,7-12H2,1-3H3,(H,26,31)/t17-,18+,22-/m0/s1. The van der Waals surface area contributed by atoms with Gasteiger partial charge in [-0.2, -0.15) is 5.10 Å². The van der Waals surface area contributed by atoms with Crippen LogP contribution in [-0.4, -0.2) is 31.9 Å². The Morgan fingerprint density at radius 1 is 1.22 bits per heavy atom. The van der Waals surface area contributed by atoms with Gasteiger partial charge in [-0.05, 0) is 74.1 Å². The summed E-state index contributed by atoms with van der Waals surface area (Å²) in [5.74, 6) is 2.96. The smallest absolute Gasteiger partial charge is 0.268 e. The van der Waals surface area contributed by atoms with Gasteiger partial charge in [0, 0.05) is 24.2 Å². The van der Waals surface area contributed by atoms with Crippen molar-refractivity contribution < 1.29 is 9.21 Å². The Kier molecular flexibility index (Phi) is 5.57. The third kappa shape index (κ3) is 4.20. The van der Waals surface area contributed by atoms with Gasteiger partial charge in [0.1, 0.15) is 5.69 Å². The molecular formula is C25H31N5O2. The van der Waals surface area contributed by atoms with Crippen LogP contribution in [0.25, 0.3) is 17.3 Å². The molecule has 2 saturated carbocycles. The van der Waals surface area contributed by atoms with Crippen molar-refractivity contribution in [2.45, 2.75) is 65.3 Å². The highest BCUT2D eigenvalue weighted by Crippen LogP contribution is 2.44. The average Bonchev–Trinajstić information content (AvgIpc) is 3.56. The van der Waals surface area contributed by atoms with Gasteiger partial charge in [-0.3, -0.25) is 4.79 Å². The van der Waals surface area contributed by atoms with Crippen LogP contribution in [0.2, 0.25) is 0 Å². The molecule has 1 amide bonds. The zero-order valence-electron chi connectivity index (χ0n) is 19.0. The predicted molar refractivity (Wildman–Crippen MR) is 121 cm³/mol. The van der Waals surface area contributed by atoms with E-state index < -0.39 is 0 Å². The summed E-state index contributed by atoms with van der Waals surface area (Å²) < 4.78 is 7.51. The molecule has 1 aromatic carbocycles. The number of benzene rings is 1. The van der Waals surface area contributed by atoms with E-state index in [1.54, 1.807) is 6.92 Å². The van der Waals surface area contributed by atoms with E-state index in [4.69, 9.17) is 9.52 Å². The minimum Gasteiger partial charge on any atom is -0.420 e. The van der Waals surface area contributed by atoms with E-state index >= 15 is 0 Å². The number of amides is 1. The van der Waals surface area contributed by atoms with Crippen LogP contribution in [0.15, 0.2) is 34.7 Å². The van der Waals surface area contributed by atoms with Crippen molar-refractivity contribution in [3.05, 3.63) is 47.5 Å². The maximum absolute atomic E-state index is 13.0. The van der Waals surface area contributed by atoms with Gasteiger partial charge in [-0.25, -0.2) is 4.68 Å². The number of fused-ring (bicyclic) bond motifs is 2. The Bertz CT molecular complexity index is 1120. The molecule has 2 aliphatic carbocycles. The molecule has 2 aromatic heterocycles. The fourth-order valence-electron chi connectivity index (χ4n) is 5.21. The molecule has 0 saturated heterocycles. The maximum atomic E-state index is 13.0. The highest BCUT2D eigenvalue weighted by Gasteiger charge is 2.40. The molecule has 2 aliphatic rings. The maximum Gasteiger partial charge on any atom is 0.268 e. The number of hydrogen-bond donors (Lipinski definition) is 1. The molecule has 7 heteroatoms. The summed E-state index contributed by atoms with van der Waals surface area (Å²) in [4.78, 5) is 13.0. The molecule has 0 unspecified atom stereocenters. The summed E-state index contributed by atoms with van der Waals surface area (Å²) in [6.45, 7) is 6.19. The Labute approximate surface area is 188 Å². The Hall–Kier alpha value is -2.96. The topological polar surface area (TPSA) is 85.8 Å². The number of nitrogens with one attached hydrogen (secondary N) is 1. The summed E-state index contributed by atoms with van der Waals surface area (Å²) in [7, 11) is 0. The predicted octanol–water partition coefficient (Wildman–Crippen LogP) is 4.74. The van der Waals surface area contributed by atoms with E-state index in [2.05, 4.69) is 29.4 Å². The lowest BCUT2D eigenvalue weighted by molar-refractivity contribution is 0.0923.